The summed E-state index contributed by atoms with van der Waals surface area (Å²) in [6, 6.07) is 6.81. The van der Waals surface area contributed by atoms with Crippen LogP contribution < -0.4 is 5.32 Å². The van der Waals surface area contributed by atoms with Crippen molar-refractivity contribution in [3.8, 4) is 11.8 Å². The Morgan fingerprint density at radius 1 is 1.29 bits per heavy atom. The highest BCUT2D eigenvalue weighted by Crippen LogP contribution is 2.37. The molecule has 3 rings (SSSR count). The van der Waals surface area contributed by atoms with Gasteiger partial charge in [0, 0.05) is 4.88 Å². The number of carbonyl (C=O) groups excluding carboxylic acids is 2. The molecule has 0 unspecified atom stereocenters. The summed E-state index contributed by atoms with van der Waals surface area (Å²) in [5.41, 5.74) is 2.37. The molecule has 0 saturated carbocycles. The smallest absolute Gasteiger partial charge is 0.342 e. The van der Waals surface area contributed by atoms with Crippen LogP contribution in [-0.2, 0) is 22.4 Å². The molecule has 1 atom stereocenters. The molecule has 0 radical (unpaired) electrons. The fourth-order valence-electron chi connectivity index (χ4n) is 3.25. The zero-order valence-corrected chi connectivity index (χ0v) is 16.7. The number of thiophene rings is 1. The van der Waals surface area contributed by atoms with Gasteiger partial charge in [-0.2, -0.15) is 5.26 Å². The van der Waals surface area contributed by atoms with Crippen LogP contribution in [0, 0.1) is 18.3 Å². The van der Waals surface area contributed by atoms with Crippen LogP contribution in [0.5, 0.6) is 5.75 Å². The third kappa shape index (κ3) is 4.18. The number of nitriles is 1. The van der Waals surface area contributed by atoms with E-state index in [-0.39, 0.29) is 11.3 Å². The van der Waals surface area contributed by atoms with E-state index in [0.717, 1.165) is 48.1 Å². The predicted molar refractivity (Wildman–Crippen MR) is 107 cm³/mol. The van der Waals surface area contributed by atoms with Crippen LogP contribution in [0.1, 0.15) is 58.1 Å². The minimum atomic E-state index is -1.07. The summed E-state index contributed by atoms with van der Waals surface area (Å²) in [7, 11) is 0. The topological polar surface area (TPSA) is 99.4 Å². The Morgan fingerprint density at radius 2 is 2.04 bits per heavy atom. The Morgan fingerprint density at radius 3 is 2.75 bits per heavy atom. The largest absolute Gasteiger partial charge is 0.507 e. The molecule has 1 aliphatic rings. The van der Waals surface area contributed by atoms with Gasteiger partial charge in [0.05, 0.1) is 5.56 Å². The highest BCUT2D eigenvalue weighted by molar-refractivity contribution is 7.16. The molecule has 7 heteroatoms. The quantitative estimate of drug-likeness (QED) is 0.597. The molecule has 0 spiro atoms. The van der Waals surface area contributed by atoms with E-state index in [1.54, 1.807) is 13.0 Å². The fourth-order valence-corrected chi connectivity index (χ4v) is 4.50. The van der Waals surface area contributed by atoms with Crippen molar-refractivity contribution in [2.24, 2.45) is 0 Å². The lowest BCUT2D eigenvalue weighted by Crippen LogP contribution is -2.30. The van der Waals surface area contributed by atoms with Crippen molar-refractivity contribution in [1.82, 2.24) is 0 Å². The zero-order valence-electron chi connectivity index (χ0n) is 15.9. The van der Waals surface area contributed by atoms with Crippen molar-refractivity contribution < 1.29 is 19.4 Å². The van der Waals surface area contributed by atoms with Gasteiger partial charge in [-0.15, -0.1) is 11.3 Å². The van der Waals surface area contributed by atoms with Crippen molar-refractivity contribution in [2.75, 3.05) is 5.32 Å². The molecule has 2 N–H and O–H groups in total. The van der Waals surface area contributed by atoms with Crippen LogP contribution in [0.25, 0.3) is 0 Å². The first-order chi connectivity index (χ1) is 13.4. The molecular formula is C21H22N2O4S. The molecule has 0 aliphatic heterocycles. The van der Waals surface area contributed by atoms with Crippen LogP contribution in [0.4, 0.5) is 5.00 Å². The average molecular weight is 398 g/mol. The van der Waals surface area contributed by atoms with E-state index >= 15 is 0 Å². The summed E-state index contributed by atoms with van der Waals surface area (Å²) in [6.45, 7) is 3.25. The molecular weight excluding hydrogens is 376 g/mol. The van der Waals surface area contributed by atoms with E-state index in [0.29, 0.717) is 10.6 Å². The lowest BCUT2D eigenvalue weighted by molar-refractivity contribution is -0.123. The molecule has 2 aromatic rings. The van der Waals surface area contributed by atoms with Crippen LogP contribution in [0.3, 0.4) is 0 Å². The molecule has 1 heterocycles. The van der Waals surface area contributed by atoms with Crippen LogP contribution >= 0.6 is 11.3 Å². The van der Waals surface area contributed by atoms with Crippen LogP contribution in [0.15, 0.2) is 18.2 Å². The standard InChI is InChI=1S/C21H22N2O4S/c1-12-8-9-15(17(24)10-12)21(26)27-13(2)19(25)23-20-16(11-22)14-6-4-3-5-7-18(14)28-20/h8-10,13,24H,3-7H2,1-2H3,(H,23,25)/t13-/m1/s1. The van der Waals surface area contributed by atoms with E-state index < -0.39 is 18.0 Å². The molecule has 0 bridgehead atoms. The Balaban J connectivity index is 1.71. The summed E-state index contributed by atoms with van der Waals surface area (Å²) in [6.07, 6.45) is 3.97. The van der Waals surface area contributed by atoms with Crippen LogP contribution in [0.2, 0.25) is 0 Å². The van der Waals surface area contributed by atoms with Gasteiger partial charge in [-0.25, -0.2) is 4.79 Å². The number of fused-ring (bicyclic) bond motifs is 1. The number of aromatic hydroxyl groups is 1. The lowest BCUT2D eigenvalue weighted by Gasteiger charge is -2.14. The molecule has 1 amide bonds. The number of aryl methyl sites for hydroxylation is 2. The number of anilines is 1. The first-order valence-electron chi connectivity index (χ1n) is 9.26. The number of phenols is 1. The second kappa shape index (κ2) is 8.44. The molecule has 146 valence electrons. The SMILES string of the molecule is Cc1ccc(C(=O)O[C@H](C)C(=O)Nc2sc3c(c2C#N)CCCCC3)c(O)c1. The van der Waals surface area contributed by atoms with Gasteiger partial charge in [0.2, 0.25) is 0 Å². The monoisotopic (exact) mass is 398 g/mol. The van der Waals surface area contributed by atoms with E-state index in [1.807, 2.05) is 0 Å². The number of carbonyl (C=O) groups is 2. The molecule has 1 aromatic heterocycles. The van der Waals surface area contributed by atoms with E-state index in [1.165, 1.54) is 30.4 Å². The van der Waals surface area contributed by atoms with Crippen molar-refractivity contribution in [2.45, 2.75) is 52.1 Å². The summed E-state index contributed by atoms with van der Waals surface area (Å²) in [5, 5.41) is 22.7. The lowest BCUT2D eigenvalue weighted by atomic mass is 10.1. The number of nitrogens with one attached hydrogen (secondary N) is 1. The van der Waals surface area contributed by atoms with Crippen molar-refractivity contribution in [1.29, 1.82) is 5.26 Å². The maximum atomic E-state index is 12.5. The highest BCUT2D eigenvalue weighted by atomic mass is 32.1. The van der Waals surface area contributed by atoms with E-state index in [4.69, 9.17) is 4.74 Å². The van der Waals surface area contributed by atoms with Gasteiger partial charge in [-0.1, -0.05) is 12.5 Å². The Hall–Kier alpha value is -2.85. The molecule has 1 aliphatic carbocycles. The van der Waals surface area contributed by atoms with Crippen molar-refractivity contribution in [3.05, 3.63) is 45.3 Å². The molecule has 6 nitrogen and oxygen atoms in total. The normalized spacial score (nSPS) is 14.3. The first-order valence-corrected chi connectivity index (χ1v) is 10.1. The van der Waals surface area contributed by atoms with E-state index in [9.17, 15) is 20.0 Å². The predicted octanol–water partition coefficient (Wildman–Crippen LogP) is 4.09. The third-order valence-electron chi connectivity index (χ3n) is 4.80. The minimum absolute atomic E-state index is 0.00537. The molecule has 0 fully saturated rings. The number of esters is 1. The van der Waals surface area contributed by atoms with Gasteiger partial charge >= 0.3 is 5.97 Å². The number of hydrogen-bond acceptors (Lipinski definition) is 6. The second-order valence-electron chi connectivity index (χ2n) is 6.94. The van der Waals surface area contributed by atoms with Crippen molar-refractivity contribution in [3.63, 3.8) is 0 Å². The Labute approximate surface area is 167 Å². The van der Waals surface area contributed by atoms with Gasteiger partial charge in [0.15, 0.2) is 6.10 Å². The summed E-state index contributed by atoms with van der Waals surface area (Å²) >= 11 is 1.43. The number of amides is 1. The average Bonchev–Trinajstić information content (AvgIpc) is 2.81. The number of rotatable bonds is 4. The van der Waals surface area contributed by atoms with Gasteiger partial charge in [0.25, 0.3) is 5.91 Å². The number of ether oxygens (including phenoxy) is 1. The van der Waals surface area contributed by atoms with Crippen molar-refractivity contribution >= 4 is 28.2 Å². The summed E-state index contributed by atoms with van der Waals surface area (Å²) < 4.78 is 5.20. The number of hydrogen-bond donors (Lipinski definition) is 2. The highest BCUT2D eigenvalue weighted by Gasteiger charge is 2.25. The Kier molecular flexibility index (Phi) is 6.00. The zero-order chi connectivity index (χ0) is 20.3. The number of nitrogens with zero attached hydrogens (tertiary/aromatic N) is 1. The maximum Gasteiger partial charge on any atom is 0.342 e. The van der Waals surface area contributed by atoms with Crippen LogP contribution in [-0.4, -0.2) is 23.1 Å². The number of benzene rings is 1. The summed E-state index contributed by atoms with van der Waals surface area (Å²) in [4.78, 5) is 25.9. The van der Waals surface area contributed by atoms with Gasteiger partial charge < -0.3 is 15.2 Å². The van der Waals surface area contributed by atoms with Gasteiger partial charge in [0.1, 0.15) is 22.4 Å². The number of phenolic OH excluding ortho intramolecular Hbond substituents is 1. The second-order valence-corrected chi connectivity index (χ2v) is 8.04. The van der Waals surface area contributed by atoms with E-state index in [2.05, 4.69) is 11.4 Å². The summed E-state index contributed by atoms with van der Waals surface area (Å²) in [5.74, 6) is -1.47. The minimum Gasteiger partial charge on any atom is -0.507 e. The van der Waals surface area contributed by atoms with Gasteiger partial charge in [-0.3, -0.25) is 4.79 Å². The first kappa shape index (κ1) is 19.9. The van der Waals surface area contributed by atoms with Gasteiger partial charge in [-0.05, 0) is 62.8 Å². The molecule has 28 heavy (non-hydrogen) atoms. The third-order valence-corrected chi connectivity index (χ3v) is 6.00. The maximum absolute atomic E-state index is 12.5. The molecule has 1 aromatic carbocycles. The molecule has 0 saturated heterocycles. The Bertz CT molecular complexity index is 958. The fraction of sp³-hybridized carbons (Fsp3) is 0.381.